The van der Waals surface area contributed by atoms with E-state index in [0.717, 1.165) is 11.3 Å². The minimum absolute atomic E-state index is 0.100. The van der Waals surface area contributed by atoms with Gasteiger partial charge in [0.1, 0.15) is 5.75 Å². The molecule has 0 bridgehead atoms. The fourth-order valence-electron chi connectivity index (χ4n) is 2.40. The largest absolute Gasteiger partial charge is 0.482 e. The number of carbonyl (C=O) groups is 2. The topological polar surface area (TPSA) is 66.8 Å². The Morgan fingerprint density at radius 1 is 1.14 bits per heavy atom. The van der Waals surface area contributed by atoms with Gasteiger partial charge in [-0.1, -0.05) is 24.3 Å². The number of ether oxygens (including phenoxy) is 1. The van der Waals surface area contributed by atoms with Crippen LogP contribution in [0.25, 0.3) is 0 Å². The van der Waals surface area contributed by atoms with Gasteiger partial charge in [-0.25, -0.2) is 4.79 Å². The molecule has 1 amide bonds. The lowest BCUT2D eigenvalue weighted by Crippen LogP contribution is -2.22. The average Bonchev–Trinajstić information content (AvgIpc) is 2.84. The van der Waals surface area contributed by atoms with Crippen molar-refractivity contribution < 1.29 is 19.4 Å². The number of carboxylic acid groups (broad SMARTS) is 1. The van der Waals surface area contributed by atoms with Crippen molar-refractivity contribution in [3.63, 3.8) is 0 Å². The fraction of sp³-hybridized carbons (Fsp3) is 0.125. The van der Waals surface area contributed by atoms with E-state index in [0.29, 0.717) is 17.9 Å². The Morgan fingerprint density at radius 3 is 2.62 bits per heavy atom. The van der Waals surface area contributed by atoms with Crippen LogP contribution >= 0.6 is 0 Å². The summed E-state index contributed by atoms with van der Waals surface area (Å²) in [6.07, 6.45) is 0. The summed E-state index contributed by atoms with van der Waals surface area (Å²) in [4.78, 5) is 24.7. The van der Waals surface area contributed by atoms with Crippen LogP contribution in [0.2, 0.25) is 0 Å². The molecule has 5 heteroatoms. The second-order valence-electron chi connectivity index (χ2n) is 4.69. The van der Waals surface area contributed by atoms with Crippen LogP contribution < -0.4 is 9.64 Å². The zero-order chi connectivity index (χ0) is 14.8. The second kappa shape index (κ2) is 5.28. The molecule has 1 N–H and O–H groups in total. The van der Waals surface area contributed by atoms with Gasteiger partial charge in [0.2, 0.25) is 0 Å². The molecule has 0 spiro atoms. The van der Waals surface area contributed by atoms with Gasteiger partial charge in [-0.2, -0.15) is 0 Å². The highest BCUT2D eigenvalue weighted by Gasteiger charge is 2.30. The van der Waals surface area contributed by atoms with Crippen molar-refractivity contribution in [2.75, 3.05) is 11.5 Å². The molecule has 5 nitrogen and oxygen atoms in total. The molecule has 2 aromatic carbocycles. The molecule has 0 aromatic heterocycles. The number of para-hydroxylation sites is 1. The average molecular weight is 283 g/mol. The van der Waals surface area contributed by atoms with Crippen molar-refractivity contribution in [3.8, 4) is 5.75 Å². The second-order valence-corrected chi connectivity index (χ2v) is 4.69. The molecule has 0 saturated carbocycles. The van der Waals surface area contributed by atoms with E-state index in [1.165, 1.54) is 0 Å². The molecule has 3 rings (SSSR count). The SMILES string of the molecule is O=C(O)COc1cccc2c1CN(c1ccccc1)C2=O. The van der Waals surface area contributed by atoms with Crippen LogP contribution in [0, 0.1) is 0 Å². The molecule has 0 fully saturated rings. The van der Waals surface area contributed by atoms with Gasteiger partial charge in [-0.15, -0.1) is 0 Å². The van der Waals surface area contributed by atoms with Crippen LogP contribution in [-0.2, 0) is 11.3 Å². The summed E-state index contributed by atoms with van der Waals surface area (Å²) < 4.78 is 5.26. The van der Waals surface area contributed by atoms with E-state index in [4.69, 9.17) is 9.84 Å². The number of amides is 1. The first-order chi connectivity index (χ1) is 10.2. The number of hydrogen-bond acceptors (Lipinski definition) is 3. The Hall–Kier alpha value is -2.82. The predicted octanol–water partition coefficient (Wildman–Crippen LogP) is 2.31. The van der Waals surface area contributed by atoms with Gasteiger partial charge in [-0.05, 0) is 24.3 Å². The van der Waals surface area contributed by atoms with Gasteiger partial charge in [0.15, 0.2) is 6.61 Å². The molecule has 0 atom stereocenters. The number of anilines is 1. The van der Waals surface area contributed by atoms with Crippen LogP contribution in [-0.4, -0.2) is 23.6 Å². The first-order valence-electron chi connectivity index (χ1n) is 6.50. The maximum Gasteiger partial charge on any atom is 0.341 e. The van der Waals surface area contributed by atoms with E-state index < -0.39 is 12.6 Å². The van der Waals surface area contributed by atoms with Crippen LogP contribution in [0.3, 0.4) is 0 Å². The minimum atomic E-state index is -1.04. The highest BCUT2D eigenvalue weighted by atomic mass is 16.5. The maximum absolute atomic E-state index is 12.4. The molecule has 0 aliphatic carbocycles. The van der Waals surface area contributed by atoms with E-state index in [2.05, 4.69) is 0 Å². The van der Waals surface area contributed by atoms with Crippen molar-refractivity contribution >= 4 is 17.6 Å². The van der Waals surface area contributed by atoms with E-state index in [1.54, 1.807) is 23.1 Å². The summed E-state index contributed by atoms with van der Waals surface area (Å²) in [5.41, 5.74) is 2.09. The van der Waals surface area contributed by atoms with E-state index >= 15 is 0 Å². The number of rotatable bonds is 4. The van der Waals surface area contributed by atoms with Gasteiger partial charge >= 0.3 is 5.97 Å². The zero-order valence-electron chi connectivity index (χ0n) is 11.2. The highest BCUT2D eigenvalue weighted by Crippen LogP contribution is 2.33. The lowest BCUT2D eigenvalue weighted by Gasteiger charge is -2.15. The first kappa shape index (κ1) is 13.2. The Balaban J connectivity index is 1.92. The van der Waals surface area contributed by atoms with Crippen LogP contribution in [0.4, 0.5) is 5.69 Å². The monoisotopic (exact) mass is 283 g/mol. The highest BCUT2D eigenvalue weighted by molar-refractivity contribution is 6.10. The lowest BCUT2D eigenvalue weighted by molar-refractivity contribution is -0.139. The lowest BCUT2D eigenvalue weighted by atomic mass is 10.1. The summed E-state index contributed by atoms with van der Waals surface area (Å²) >= 11 is 0. The molecule has 0 saturated heterocycles. The third kappa shape index (κ3) is 2.45. The number of nitrogens with zero attached hydrogens (tertiary/aromatic N) is 1. The number of fused-ring (bicyclic) bond motifs is 1. The Bertz CT molecular complexity index is 697. The summed E-state index contributed by atoms with van der Waals surface area (Å²) in [6, 6.07) is 14.5. The third-order valence-electron chi connectivity index (χ3n) is 3.34. The normalized spacial score (nSPS) is 13.1. The van der Waals surface area contributed by atoms with Gasteiger partial charge in [0.05, 0.1) is 6.54 Å². The maximum atomic E-state index is 12.4. The Morgan fingerprint density at radius 2 is 1.90 bits per heavy atom. The predicted molar refractivity (Wildman–Crippen MR) is 76.5 cm³/mol. The number of aliphatic carboxylic acids is 1. The van der Waals surface area contributed by atoms with Crippen LogP contribution in [0.5, 0.6) is 5.75 Å². The molecule has 0 unspecified atom stereocenters. The number of carboxylic acids is 1. The first-order valence-corrected chi connectivity index (χ1v) is 6.50. The van der Waals surface area contributed by atoms with Gasteiger partial charge in [0.25, 0.3) is 5.91 Å². The number of benzene rings is 2. The number of hydrogen-bond donors (Lipinski definition) is 1. The smallest absolute Gasteiger partial charge is 0.341 e. The van der Waals surface area contributed by atoms with Crippen LogP contribution in [0.1, 0.15) is 15.9 Å². The molecule has 21 heavy (non-hydrogen) atoms. The molecular formula is C16H13NO4. The van der Waals surface area contributed by atoms with Crippen molar-refractivity contribution in [1.29, 1.82) is 0 Å². The Kier molecular flexibility index (Phi) is 3.31. The summed E-state index contributed by atoms with van der Waals surface area (Å²) in [5, 5.41) is 8.70. The quantitative estimate of drug-likeness (QED) is 0.935. The zero-order valence-corrected chi connectivity index (χ0v) is 11.2. The standard InChI is InChI=1S/C16H13NO4/c18-15(19)10-21-14-8-4-7-12-13(14)9-17(16(12)20)11-5-2-1-3-6-11/h1-8H,9-10H2,(H,18,19). The summed E-state index contributed by atoms with van der Waals surface area (Å²) in [5.74, 6) is -0.699. The third-order valence-corrected chi connectivity index (χ3v) is 3.34. The van der Waals surface area contributed by atoms with Gasteiger partial charge in [0, 0.05) is 16.8 Å². The van der Waals surface area contributed by atoms with Gasteiger partial charge in [-0.3, -0.25) is 4.79 Å². The van der Waals surface area contributed by atoms with Crippen molar-refractivity contribution in [1.82, 2.24) is 0 Å². The molecule has 2 aromatic rings. The van der Waals surface area contributed by atoms with Crippen LogP contribution in [0.15, 0.2) is 48.5 Å². The summed E-state index contributed by atoms with van der Waals surface area (Å²) in [6.45, 7) is -0.0377. The van der Waals surface area contributed by atoms with Crippen molar-refractivity contribution in [2.45, 2.75) is 6.54 Å². The number of carbonyl (C=O) groups excluding carboxylic acids is 1. The molecule has 0 radical (unpaired) electrons. The molecule has 106 valence electrons. The summed E-state index contributed by atoms with van der Waals surface area (Å²) in [7, 11) is 0. The minimum Gasteiger partial charge on any atom is -0.482 e. The van der Waals surface area contributed by atoms with E-state index in [9.17, 15) is 9.59 Å². The molecule has 1 aliphatic rings. The molecule has 1 heterocycles. The fourth-order valence-corrected chi connectivity index (χ4v) is 2.40. The van der Waals surface area contributed by atoms with Gasteiger partial charge < -0.3 is 14.7 Å². The van der Waals surface area contributed by atoms with E-state index in [-0.39, 0.29) is 5.91 Å². The van der Waals surface area contributed by atoms with Crippen molar-refractivity contribution in [3.05, 3.63) is 59.7 Å². The molecular weight excluding hydrogens is 270 g/mol. The van der Waals surface area contributed by atoms with E-state index in [1.807, 2.05) is 30.3 Å². The molecule has 1 aliphatic heterocycles. The Labute approximate surface area is 121 Å². The van der Waals surface area contributed by atoms with Crippen molar-refractivity contribution in [2.24, 2.45) is 0 Å².